The molecule has 1 rings (SSSR count). The molecule has 0 saturated carbocycles. The Morgan fingerprint density at radius 1 is 1.00 bits per heavy atom. The number of hydrogen-bond acceptors (Lipinski definition) is 2. The zero-order valence-corrected chi connectivity index (χ0v) is 14.7. The summed E-state index contributed by atoms with van der Waals surface area (Å²) in [4.78, 5) is 0. The average Bonchev–Trinajstić information content (AvgIpc) is 2.25. The Kier molecular flexibility index (Phi) is 4.73. The predicted molar refractivity (Wildman–Crippen MR) is 87.4 cm³/mol. The van der Waals surface area contributed by atoms with Crippen LogP contribution in [0.3, 0.4) is 0 Å². The lowest BCUT2D eigenvalue weighted by Crippen LogP contribution is -2.43. The van der Waals surface area contributed by atoms with E-state index in [4.69, 9.17) is 4.43 Å². The Bertz CT molecular complexity index is 505. The molecule has 0 aromatic heterocycles. The highest BCUT2D eigenvalue weighted by molar-refractivity contribution is 6.74. The van der Waals surface area contributed by atoms with Crippen LogP contribution >= 0.6 is 0 Å². The van der Waals surface area contributed by atoms with Gasteiger partial charge in [0.15, 0.2) is 0 Å². The molecule has 20 heavy (non-hydrogen) atoms. The van der Waals surface area contributed by atoms with Crippen molar-refractivity contribution in [2.45, 2.75) is 58.4 Å². The molecule has 2 nitrogen and oxygen atoms in total. The van der Waals surface area contributed by atoms with Crippen molar-refractivity contribution >= 4 is 8.32 Å². The summed E-state index contributed by atoms with van der Waals surface area (Å²) >= 11 is 0. The van der Waals surface area contributed by atoms with Gasteiger partial charge in [0.1, 0.15) is 11.4 Å². The molecule has 0 radical (unpaired) electrons. The number of hydrogen-bond donors (Lipinski definition) is 1. The van der Waals surface area contributed by atoms with E-state index >= 15 is 0 Å². The molecule has 1 aromatic carbocycles. The summed E-state index contributed by atoms with van der Waals surface area (Å²) in [5.41, 5.74) is -0.0780. The van der Waals surface area contributed by atoms with Gasteiger partial charge in [0.05, 0.1) is 0 Å². The van der Waals surface area contributed by atoms with Gasteiger partial charge in [-0.3, -0.25) is 0 Å². The molecule has 0 aliphatic heterocycles. The van der Waals surface area contributed by atoms with E-state index < -0.39 is 13.9 Å². The van der Waals surface area contributed by atoms with Gasteiger partial charge in [-0.1, -0.05) is 32.6 Å². The summed E-state index contributed by atoms with van der Waals surface area (Å²) in [6.45, 7) is 14.5. The van der Waals surface area contributed by atoms with Crippen LogP contribution in [0, 0.1) is 11.8 Å². The Hall–Kier alpha value is -1.24. The quantitative estimate of drug-likeness (QED) is 0.653. The van der Waals surface area contributed by atoms with Gasteiger partial charge in [-0.05, 0) is 56.2 Å². The number of aliphatic hydroxyl groups is 1. The van der Waals surface area contributed by atoms with Crippen molar-refractivity contribution in [1.82, 2.24) is 0 Å². The molecule has 110 valence electrons. The fourth-order valence-corrected chi connectivity index (χ4v) is 2.31. The molecule has 1 N–H and O–H groups in total. The van der Waals surface area contributed by atoms with Crippen LogP contribution in [0.1, 0.15) is 40.2 Å². The van der Waals surface area contributed by atoms with E-state index in [0.717, 1.165) is 11.3 Å². The summed E-state index contributed by atoms with van der Waals surface area (Å²) in [7, 11) is -1.79. The Labute approximate surface area is 124 Å². The molecule has 0 bridgehead atoms. The van der Waals surface area contributed by atoms with Crippen molar-refractivity contribution in [2.24, 2.45) is 0 Å². The van der Waals surface area contributed by atoms with Crippen LogP contribution in [-0.2, 0) is 0 Å². The van der Waals surface area contributed by atoms with Gasteiger partial charge in [0.2, 0.25) is 8.32 Å². The maximum atomic E-state index is 9.58. The highest BCUT2D eigenvalue weighted by Gasteiger charge is 2.38. The SMILES string of the molecule is CC(C)(O)C#Cc1ccc(O[Si](C)(C)C(C)(C)C)cc1. The van der Waals surface area contributed by atoms with Crippen molar-refractivity contribution < 1.29 is 9.53 Å². The smallest absolute Gasteiger partial charge is 0.250 e. The zero-order valence-electron chi connectivity index (χ0n) is 13.7. The van der Waals surface area contributed by atoms with Crippen molar-refractivity contribution in [3.63, 3.8) is 0 Å². The van der Waals surface area contributed by atoms with Gasteiger partial charge in [0, 0.05) is 5.56 Å². The molecule has 0 spiro atoms. The maximum absolute atomic E-state index is 9.58. The largest absolute Gasteiger partial charge is 0.544 e. The highest BCUT2D eigenvalue weighted by Crippen LogP contribution is 2.37. The molecule has 0 atom stereocenters. The molecule has 0 saturated heterocycles. The second-order valence-electron chi connectivity index (χ2n) is 7.20. The fourth-order valence-electron chi connectivity index (χ4n) is 1.28. The van der Waals surface area contributed by atoms with E-state index in [1.54, 1.807) is 13.8 Å². The van der Waals surface area contributed by atoms with E-state index in [9.17, 15) is 5.11 Å². The van der Waals surface area contributed by atoms with Crippen molar-refractivity contribution in [2.75, 3.05) is 0 Å². The summed E-state index contributed by atoms with van der Waals surface area (Å²) in [6, 6.07) is 7.77. The second kappa shape index (κ2) is 5.63. The third-order valence-corrected chi connectivity index (χ3v) is 7.90. The van der Waals surface area contributed by atoms with Gasteiger partial charge >= 0.3 is 0 Å². The number of rotatable bonds is 2. The zero-order chi connectivity index (χ0) is 15.6. The molecule has 1 aromatic rings. The molecule has 0 fully saturated rings. The van der Waals surface area contributed by atoms with Gasteiger partial charge < -0.3 is 9.53 Å². The molecule has 0 unspecified atom stereocenters. The van der Waals surface area contributed by atoms with E-state index in [2.05, 4.69) is 45.7 Å². The van der Waals surface area contributed by atoms with Crippen LogP contribution in [-0.4, -0.2) is 19.0 Å². The van der Waals surface area contributed by atoms with Gasteiger partial charge in [-0.15, -0.1) is 0 Å². The third kappa shape index (κ3) is 5.03. The minimum atomic E-state index is -1.79. The molecular weight excluding hydrogens is 264 g/mol. The summed E-state index contributed by atoms with van der Waals surface area (Å²) in [5.74, 6) is 6.66. The first kappa shape index (κ1) is 16.8. The fraction of sp³-hybridized carbons (Fsp3) is 0.529. The Morgan fingerprint density at radius 3 is 1.90 bits per heavy atom. The van der Waals surface area contributed by atoms with Crippen LogP contribution in [0.2, 0.25) is 18.1 Å². The minimum Gasteiger partial charge on any atom is -0.544 e. The van der Waals surface area contributed by atoms with Crippen LogP contribution in [0.25, 0.3) is 0 Å². The maximum Gasteiger partial charge on any atom is 0.250 e. The van der Waals surface area contributed by atoms with E-state index in [1.165, 1.54) is 0 Å². The number of benzene rings is 1. The molecule has 0 heterocycles. The average molecular weight is 290 g/mol. The van der Waals surface area contributed by atoms with Crippen LogP contribution in [0.4, 0.5) is 0 Å². The Morgan fingerprint density at radius 2 is 1.50 bits per heavy atom. The van der Waals surface area contributed by atoms with Gasteiger partial charge in [-0.25, -0.2) is 0 Å². The molecular formula is C17H26O2Si. The third-order valence-electron chi connectivity index (χ3n) is 3.55. The monoisotopic (exact) mass is 290 g/mol. The lowest BCUT2D eigenvalue weighted by Gasteiger charge is -2.36. The van der Waals surface area contributed by atoms with E-state index in [0.29, 0.717) is 0 Å². The highest BCUT2D eigenvalue weighted by atomic mass is 28.4. The summed E-state index contributed by atoms with van der Waals surface area (Å²) < 4.78 is 6.21. The van der Waals surface area contributed by atoms with Crippen molar-refractivity contribution in [3.8, 4) is 17.6 Å². The summed E-state index contributed by atoms with van der Waals surface area (Å²) in [5, 5.41) is 9.77. The van der Waals surface area contributed by atoms with Gasteiger partial charge in [0.25, 0.3) is 0 Å². The van der Waals surface area contributed by atoms with Crippen molar-refractivity contribution in [1.29, 1.82) is 0 Å². The minimum absolute atomic E-state index is 0.187. The lowest BCUT2D eigenvalue weighted by molar-refractivity contribution is 0.143. The van der Waals surface area contributed by atoms with Crippen LogP contribution in [0.5, 0.6) is 5.75 Å². The lowest BCUT2D eigenvalue weighted by atomic mass is 10.1. The molecule has 0 amide bonds. The standard InChI is InChI=1S/C17H26O2Si/c1-16(2,3)20(6,7)19-15-10-8-14(9-11-15)12-13-17(4,5)18/h8-11,18H,1-7H3. The predicted octanol–water partition coefficient (Wildman–Crippen LogP) is 4.19. The first-order chi connectivity index (χ1) is 8.91. The van der Waals surface area contributed by atoms with E-state index in [1.807, 2.05) is 24.3 Å². The normalized spacial score (nSPS) is 12.6. The van der Waals surface area contributed by atoms with E-state index in [-0.39, 0.29) is 5.04 Å². The summed E-state index contributed by atoms with van der Waals surface area (Å²) in [6.07, 6.45) is 0. The van der Waals surface area contributed by atoms with Crippen LogP contribution in [0.15, 0.2) is 24.3 Å². The topological polar surface area (TPSA) is 29.5 Å². The first-order valence-corrected chi connectivity index (χ1v) is 9.86. The van der Waals surface area contributed by atoms with Crippen LogP contribution < -0.4 is 4.43 Å². The molecule has 0 aliphatic carbocycles. The first-order valence-electron chi connectivity index (χ1n) is 6.95. The molecule has 3 heteroatoms. The van der Waals surface area contributed by atoms with Gasteiger partial charge in [-0.2, -0.15) is 0 Å². The Balaban J connectivity index is 2.85. The second-order valence-corrected chi connectivity index (χ2v) is 11.9. The molecule has 0 aliphatic rings. The van der Waals surface area contributed by atoms with Crippen molar-refractivity contribution in [3.05, 3.63) is 29.8 Å².